The third kappa shape index (κ3) is 3.74. The number of hydrogen-bond donors (Lipinski definition) is 0. The quantitative estimate of drug-likeness (QED) is 0.725. The Morgan fingerprint density at radius 3 is 2.29 bits per heavy atom. The summed E-state index contributed by atoms with van der Waals surface area (Å²) in [4.78, 5) is 0. The highest BCUT2D eigenvalue weighted by Crippen LogP contribution is 2.14. The van der Waals surface area contributed by atoms with Crippen molar-refractivity contribution in [1.29, 1.82) is 0 Å². The number of hydrogen-bond acceptors (Lipinski definition) is 3. The first-order chi connectivity index (χ1) is 6.51. The van der Waals surface area contributed by atoms with Gasteiger partial charge in [0.15, 0.2) is 0 Å². The highest BCUT2D eigenvalue weighted by molar-refractivity contribution is 7.85. The maximum absolute atomic E-state index is 12.3. The molecule has 0 heterocycles. The lowest BCUT2D eigenvalue weighted by Gasteiger charge is -2.03. The van der Waals surface area contributed by atoms with Crippen LogP contribution in [0.15, 0.2) is 24.3 Å². The molecular weight excluding hydrogens is 207 g/mol. The second kappa shape index (κ2) is 4.41. The smallest absolute Gasteiger partial charge is 0.306 e. The highest BCUT2D eigenvalue weighted by Gasteiger charge is 2.08. The van der Waals surface area contributed by atoms with E-state index in [0.717, 1.165) is 0 Å². The average Bonchev–Trinajstić information content (AvgIpc) is 2.06. The fourth-order valence-electron chi connectivity index (χ4n) is 1.05. The predicted octanol–water partition coefficient (Wildman–Crippen LogP) is 1.88. The van der Waals surface area contributed by atoms with Gasteiger partial charge in [-0.2, -0.15) is 8.42 Å². The van der Waals surface area contributed by atoms with E-state index in [1.807, 2.05) is 6.92 Å². The van der Waals surface area contributed by atoms with E-state index in [1.165, 1.54) is 12.1 Å². The molecule has 0 N–H and O–H groups in total. The van der Waals surface area contributed by atoms with E-state index < -0.39 is 16.0 Å². The number of halogens is 1. The van der Waals surface area contributed by atoms with Crippen LogP contribution in [0.5, 0.6) is 5.75 Å². The molecule has 0 unspecified atom stereocenters. The van der Waals surface area contributed by atoms with E-state index in [2.05, 4.69) is 0 Å². The molecule has 0 aliphatic rings. The minimum absolute atomic E-state index is 0.413. The van der Waals surface area contributed by atoms with Crippen LogP contribution in [0.4, 0.5) is 3.89 Å². The van der Waals surface area contributed by atoms with Crippen LogP contribution >= 0.6 is 0 Å². The third-order valence-corrected chi connectivity index (χ3v) is 2.25. The first kappa shape index (κ1) is 11.0. The molecule has 3 nitrogen and oxygen atoms in total. The molecule has 0 amide bonds. The molecule has 0 aliphatic carbocycles. The lowest BCUT2D eigenvalue weighted by molar-refractivity contribution is 0.340. The summed E-state index contributed by atoms with van der Waals surface area (Å²) in [6, 6.07) is 6.29. The van der Waals surface area contributed by atoms with Gasteiger partial charge in [-0.25, -0.2) is 0 Å². The molecule has 0 bridgehead atoms. The molecule has 0 saturated carbocycles. The topological polar surface area (TPSA) is 43.4 Å². The van der Waals surface area contributed by atoms with Crippen molar-refractivity contribution in [3.63, 3.8) is 0 Å². The summed E-state index contributed by atoms with van der Waals surface area (Å²) in [7, 11) is -4.44. The Labute approximate surface area is 82.7 Å². The molecule has 0 aliphatic heterocycles. The normalized spacial score (nSPS) is 11.3. The Morgan fingerprint density at radius 2 is 1.86 bits per heavy atom. The highest BCUT2D eigenvalue weighted by atomic mass is 32.3. The van der Waals surface area contributed by atoms with Gasteiger partial charge in [0.1, 0.15) is 11.5 Å². The third-order valence-electron chi connectivity index (χ3n) is 1.57. The summed E-state index contributed by atoms with van der Waals surface area (Å²) < 4.78 is 38.0. The zero-order chi connectivity index (χ0) is 10.6. The molecule has 1 aromatic rings. The maximum Gasteiger partial charge on any atom is 0.306 e. The van der Waals surface area contributed by atoms with Gasteiger partial charge in [-0.05, 0) is 24.6 Å². The van der Waals surface area contributed by atoms with E-state index in [4.69, 9.17) is 4.74 Å². The van der Waals surface area contributed by atoms with Gasteiger partial charge in [-0.3, -0.25) is 0 Å². The minimum Gasteiger partial charge on any atom is -0.494 e. The zero-order valence-electron chi connectivity index (χ0n) is 7.73. The van der Waals surface area contributed by atoms with Crippen LogP contribution in [0.3, 0.4) is 0 Å². The van der Waals surface area contributed by atoms with Crippen LogP contribution in [0.2, 0.25) is 0 Å². The lowest BCUT2D eigenvalue weighted by Crippen LogP contribution is -1.96. The van der Waals surface area contributed by atoms with Gasteiger partial charge < -0.3 is 4.74 Å². The van der Waals surface area contributed by atoms with E-state index in [9.17, 15) is 12.3 Å². The van der Waals surface area contributed by atoms with Crippen molar-refractivity contribution in [2.45, 2.75) is 12.7 Å². The van der Waals surface area contributed by atoms with Gasteiger partial charge in [0.05, 0.1) is 6.61 Å². The Hall–Kier alpha value is -1.10. The maximum atomic E-state index is 12.3. The van der Waals surface area contributed by atoms with Crippen molar-refractivity contribution in [3.05, 3.63) is 29.8 Å². The molecule has 0 spiro atoms. The molecule has 1 aromatic carbocycles. The van der Waals surface area contributed by atoms with E-state index in [1.54, 1.807) is 12.1 Å². The van der Waals surface area contributed by atoms with Crippen LogP contribution in [-0.4, -0.2) is 15.0 Å². The fraction of sp³-hybridized carbons (Fsp3) is 0.333. The Balaban J connectivity index is 2.74. The number of ether oxygens (including phenoxy) is 1. The standard InChI is InChI=1S/C9H11FO3S/c1-2-13-9-5-3-8(4-6-9)7-14(10,11)12/h3-6H,2,7H2,1H3. The summed E-state index contributed by atoms with van der Waals surface area (Å²) in [5, 5.41) is 0. The summed E-state index contributed by atoms with van der Waals surface area (Å²) >= 11 is 0. The van der Waals surface area contributed by atoms with E-state index >= 15 is 0 Å². The van der Waals surface area contributed by atoms with Crippen molar-refractivity contribution in [2.75, 3.05) is 6.61 Å². The van der Waals surface area contributed by atoms with Gasteiger partial charge in [0.2, 0.25) is 0 Å². The molecular formula is C9H11FO3S. The zero-order valence-corrected chi connectivity index (χ0v) is 8.55. The van der Waals surface area contributed by atoms with Gasteiger partial charge in [-0.15, -0.1) is 3.89 Å². The van der Waals surface area contributed by atoms with Crippen molar-refractivity contribution in [2.24, 2.45) is 0 Å². The first-order valence-electron chi connectivity index (χ1n) is 4.15. The first-order valence-corrected chi connectivity index (χ1v) is 5.70. The molecule has 5 heteroatoms. The van der Waals surface area contributed by atoms with Crippen molar-refractivity contribution in [3.8, 4) is 5.75 Å². The summed E-state index contributed by atoms with van der Waals surface area (Å²) in [5.74, 6) is 0.0619. The Bertz CT molecular complexity index is 383. The van der Waals surface area contributed by atoms with Crippen LogP contribution in [-0.2, 0) is 16.0 Å². The molecule has 0 atom stereocenters. The second-order valence-electron chi connectivity index (χ2n) is 2.76. The second-order valence-corrected chi connectivity index (χ2v) is 4.13. The molecule has 0 fully saturated rings. The van der Waals surface area contributed by atoms with Gasteiger partial charge in [0.25, 0.3) is 0 Å². The molecule has 0 saturated heterocycles. The van der Waals surface area contributed by atoms with E-state index in [0.29, 0.717) is 17.9 Å². The monoisotopic (exact) mass is 218 g/mol. The largest absolute Gasteiger partial charge is 0.494 e. The number of rotatable bonds is 4. The van der Waals surface area contributed by atoms with Crippen LogP contribution < -0.4 is 4.74 Å². The lowest BCUT2D eigenvalue weighted by atomic mass is 10.2. The van der Waals surface area contributed by atoms with E-state index in [-0.39, 0.29) is 0 Å². The average molecular weight is 218 g/mol. The van der Waals surface area contributed by atoms with Crippen molar-refractivity contribution < 1.29 is 17.0 Å². The van der Waals surface area contributed by atoms with Crippen LogP contribution in [0.1, 0.15) is 12.5 Å². The molecule has 1 rings (SSSR count). The summed E-state index contributed by atoms with van der Waals surface area (Å²) in [6.07, 6.45) is 0. The predicted molar refractivity (Wildman–Crippen MR) is 51.3 cm³/mol. The minimum atomic E-state index is -4.44. The molecule has 0 radical (unpaired) electrons. The van der Waals surface area contributed by atoms with Crippen molar-refractivity contribution >= 4 is 10.2 Å². The van der Waals surface area contributed by atoms with Gasteiger partial charge >= 0.3 is 10.2 Å². The molecule has 78 valence electrons. The summed E-state index contributed by atoms with van der Waals surface area (Å²) in [6.45, 7) is 2.39. The SMILES string of the molecule is CCOc1ccc(CS(=O)(=O)F)cc1. The van der Waals surface area contributed by atoms with Crippen LogP contribution in [0, 0.1) is 0 Å². The van der Waals surface area contributed by atoms with Crippen molar-refractivity contribution in [1.82, 2.24) is 0 Å². The Morgan fingerprint density at radius 1 is 1.29 bits per heavy atom. The molecule has 14 heavy (non-hydrogen) atoms. The Kier molecular flexibility index (Phi) is 3.46. The van der Waals surface area contributed by atoms with Crippen LogP contribution in [0.25, 0.3) is 0 Å². The van der Waals surface area contributed by atoms with Gasteiger partial charge in [0, 0.05) is 0 Å². The molecule has 0 aromatic heterocycles. The fourth-order valence-corrected chi connectivity index (χ4v) is 1.64. The number of benzene rings is 1. The van der Waals surface area contributed by atoms with Gasteiger partial charge in [-0.1, -0.05) is 12.1 Å². The summed E-state index contributed by atoms with van der Waals surface area (Å²) in [5.41, 5.74) is 0.413.